The van der Waals surface area contributed by atoms with Crippen molar-refractivity contribution in [3.8, 4) is 0 Å². The van der Waals surface area contributed by atoms with E-state index in [-0.39, 0.29) is 18.4 Å². The van der Waals surface area contributed by atoms with Crippen LogP contribution in [0.3, 0.4) is 0 Å². The maximum atomic E-state index is 10.8. The number of hydrogen-bond acceptors (Lipinski definition) is 4. The molecular formula is C8H15ClN2O2. The third-order valence-corrected chi connectivity index (χ3v) is 2.51. The van der Waals surface area contributed by atoms with Gasteiger partial charge in [0.1, 0.15) is 6.61 Å². The van der Waals surface area contributed by atoms with E-state index >= 15 is 0 Å². The van der Waals surface area contributed by atoms with Crippen LogP contribution in [0, 0.1) is 0 Å². The second kappa shape index (κ2) is 4.79. The number of ether oxygens (including phenoxy) is 1. The molecule has 2 aliphatic rings. The van der Waals surface area contributed by atoms with E-state index in [0.717, 1.165) is 26.2 Å². The predicted molar refractivity (Wildman–Crippen MR) is 51.1 cm³/mol. The van der Waals surface area contributed by atoms with Crippen LogP contribution in [0.5, 0.6) is 0 Å². The summed E-state index contributed by atoms with van der Waals surface area (Å²) in [7, 11) is 0. The van der Waals surface area contributed by atoms with E-state index in [0.29, 0.717) is 19.1 Å². The van der Waals surface area contributed by atoms with Gasteiger partial charge in [-0.25, -0.2) is 0 Å². The van der Waals surface area contributed by atoms with Crippen molar-refractivity contribution in [1.82, 2.24) is 10.2 Å². The summed E-state index contributed by atoms with van der Waals surface area (Å²) in [6.07, 6.45) is 0.583. The van der Waals surface area contributed by atoms with Crippen molar-refractivity contribution >= 4 is 18.4 Å². The van der Waals surface area contributed by atoms with Crippen LogP contribution in [0.25, 0.3) is 0 Å². The molecule has 4 nitrogen and oxygen atoms in total. The summed E-state index contributed by atoms with van der Waals surface area (Å²) in [5.74, 6) is -0.0430. The standard InChI is InChI=1S/C8H14N2O2.ClH/c11-8-5-7(6-12-8)10-3-1-9-2-4-10;/h7,9H,1-6H2;1H. The van der Waals surface area contributed by atoms with Crippen molar-refractivity contribution < 1.29 is 9.53 Å². The van der Waals surface area contributed by atoms with Crippen LogP contribution in [-0.2, 0) is 9.53 Å². The molecule has 5 heteroatoms. The number of esters is 1. The number of carbonyl (C=O) groups excluding carboxylic acids is 1. The topological polar surface area (TPSA) is 41.6 Å². The Labute approximate surface area is 84.0 Å². The molecule has 0 saturated carbocycles. The lowest BCUT2D eigenvalue weighted by Crippen LogP contribution is -2.48. The summed E-state index contributed by atoms with van der Waals surface area (Å²) in [4.78, 5) is 13.2. The lowest BCUT2D eigenvalue weighted by atomic mass is 10.2. The maximum Gasteiger partial charge on any atom is 0.307 e. The van der Waals surface area contributed by atoms with Crippen LogP contribution in [0.4, 0.5) is 0 Å². The van der Waals surface area contributed by atoms with E-state index in [4.69, 9.17) is 4.74 Å². The van der Waals surface area contributed by atoms with E-state index in [1.54, 1.807) is 0 Å². The van der Waals surface area contributed by atoms with Gasteiger partial charge in [0, 0.05) is 26.2 Å². The molecule has 2 saturated heterocycles. The molecule has 0 spiro atoms. The summed E-state index contributed by atoms with van der Waals surface area (Å²) in [6, 6.07) is 0.347. The summed E-state index contributed by atoms with van der Waals surface area (Å²) >= 11 is 0. The molecule has 1 N–H and O–H groups in total. The van der Waals surface area contributed by atoms with Gasteiger partial charge in [-0.3, -0.25) is 9.69 Å². The monoisotopic (exact) mass is 206 g/mol. The van der Waals surface area contributed by atoms with Crippen LogP contribution in [0.2, 0.25) is 0 Å². The predicted octanol–water partition coefficient (Wildman–Crippen LogP) is -0.371. The first-order chi connectivity index (χ1) is 5.86. The maximum absolute atomic E-state index is 10.8. The van der Waals surface area contributed by atoms with Gasteiger partial charge in [0.05, 0.1) is 12.5 Å². The highest BCUT2D eigenvalue weighted by Gasteiger charge is 2.29. The highest BCUT2D eigenvalue weighted by atomic mass is 35.5. The summed E-state index contributed by atoms with van der Waals surface area (Å²) in [5, 5.41) is 3.28. The third-order valence-electron chi connectivity index (χ3n) is 2.51. The molecule has 1 atom stereocenters. The summed E-state index contributed by atoms with van der Waals surface area (Å²) in [6.45, 7) is 4.75. The molecule has 0 radical (unpaired) electrons. The molecule has 1 unspecified atom stereocenters. The zero-order valence-electron chi connectivity index (χ0n) is 7.49. The molecule has 0 bridgehead atoms. The van der Waals surface area contributed by atoms with Gasteiger partial charge in [0.25, 0.3) is 0 Å². The first-order valence-electron chi connectivity index (χ1n) is 4.46. The van der Waals surface area contributed by atoms with Crippen molar-refractivity contribution in [3.05, 3.63) is 0 Å². The Bertz CT molecular complexity index is 183. The van der Waals surface area contributed by atoms with Gasteiger partial charge in [-0.05, 0) is 0 Å². The Morgan fingerprint density at radius 2 is 2.08 bits per heavy atom. The van der Waals surface area contributed by atoms with E-state index in [1.807, 2.05) is 0 Å². The van der Waals surface area contributed by atoms with E-state index < -0.39 is 0 Å². The summed E-state index contributed by atoms with van der Waals surface area (Å²) < 4.78 is 4.92. The van der Waals surface area contributed by atoms with Crippen LogP contribution < -0.4 is 5.32 Å². The largest absolute Gasteiger partial charge is 0.464 e. The molecule has 0 aliphatic carbocycles. The van der Waals surface area contributed by atoms with Crippen LogP contribution in [0.15, 0.2) is 0 Å². The fraction of sp³-hybridized carbons (Fsp3) is 0.875. The number of rotatable bonds is 1. The average Bonchev–Trinajstić information content (AvgIpc) is 2.54. The van der Waals surface area contributed by atoms with E-state index in [9.17, 15) is 4.79 Å². The van der Waals surface area contributed by atoms with Crippen LogP contribution in [0.1, 0.15) is 6.42 Å². The molecule has 76 valence electrons. The minimum Gasteiger partial charge on any atom is -0.464 e. The smallest absolute Gasteiger partial charge is 0.307 e. The third kappa shape index (κ3) is 2.56. The molecular weight excluding hydrogens is 192 g/mol. The number of carbonyl (C=O) groups is 1. The Balaban J connectivity index is 0.000000845. The van der Waals surface area contributed by atoms with Gasteiger partial charge in [0.2, 0.25) is 0 Å². The number of cyclic esters (lactones) is 1. The number of halogens is 1. The highest BCUT2D eigenvalue weighted by Crippen LogP contribution is 2.13. The van der Waals surface area contributed by atoms with E-state index in [2.05, 4.69) is 10.2 Å². The normalized spacial score (nSPS) is 29.5. The Morgan fingerprint density at radius 1 is 1.38 bits per heavy atom. The van der Waals surface area contributed by atoms with Gasteiger partial charge >= 0.3 is 5.97 Å². The fourth-order valence-electron chi connectivity index (χ4n) is 1.78. The minimum atomic E-state index is -0.0430. The van der Waals surface area contributed by atoms with Crippen molar-refractivity contribution in [2.24, 2.45) is 0 Å². The van der Waals surface area contributed by atoms with Gasteiger partial charge < -0.3 is 10.1 Å². The molecule has 2 fully saturated rings. The van der Waals surface area contributed by atoms with Crippen LogP contribution in [-0.4, -0.2) is 49.7 Å². The fourth-order valence-corrected chi connectivity index (χ4v) is 1.78. The highest BCUT2D eigenvalue weighted by molar-refractivity contribution is 5.85. The van der Waals surface area contributed by atoms with Crippen molar-refractivity contribution in [2.75, 3.05) is 32.8 Å². The van der Waals surface area contributed by atoms with Crippen molar-refractivity contribution in [3.63, 3.8) is 0 Å². The van der Waals surface area contributed by atoms with Gasteiger partial charge in [-0.1, -0.05) is 0 Å². The lowest BCUT2D eigenvalue weighted by molar-refractivity contribution is -0.137. The zero-order valence-corrected chi connectivity index (χ0v) is 8.31. The molecule has 0 aromatic heterocycles. The van der Waals surface area contributed by atoms with Crippen LogP contribution >= 0.6 is 12.4 Å². The Hall–Kier alpha value is -0.320. The number of nitrogens with one attached hydrogen (secondary N) is 1. The zero-order chi connectivity index (χ0) is 8.39. The average molecular weight is 207 g/mol. The molecule has 13 heavy (non-hydrogen) atoms. The Morgan fingerprint density at radius 3 is 2.62 bits per heavy atom. The molecule has 2 aliphatic heterocycles. The number of hydrogen-bond donors (Lipinski definition) is 1. The first-order valence-corrected chi connectivity index (χ1v) is 4.46. The van der Waals surface area contributed by atoms with E-state index in [1.165, 1.54) is 0 Å². The van der Waals surface area contributed by atoms with Crippen molar-refractivity contribution in [2.45, 2.75) is 12.5 Å². The molecule has 2 rings (SSSR count). The van der Waals surface area contributed by atoms with Gasteiger partial charge in [-0.15, -0.1) is 12.4 Å². The quantitative estimate of drug-likeness (QED) is 0.595. The lowest BCUT2D eigenvalue weighted by Gasteiger charge is -2.30. The molecule has 0 amide bonds. The molecule has 0 aromatic rings. The van der Waals surface area contributed by atoms with Crippen molar-refractivity contribution in [1.29, 1.82) is 0 Å². The minimum absolute atomic E-state index is 0. The molecule has 2 heterocycles. The summed E-state index contributed by atoms with van der Waals surface area (Å²) in [5.41, 5.74) is 0. The number of nitrogens with zero attached hydrogens (tertiary/aromatic N) is 1. The second-order valence-corrected chi connectivity index (χ2v) is 3.33. The first kappa shape index (κ1) is 10.8. The number of piperazine rings is 1. The Kier molecular flexibility index (Phi) is 3.96. The second-order valence-electron chi connectivity index (χ2n) is 3.33. The van der Waals surface area contributed by atoms with Gasteiger partial charge in [-0.2, -0.15) is 0 Å². The SMILES string of the molecule is Cl.O=C1CC(N2CCNCC2)CO1. The molecule has 0 aromatic carbocycles. The van der Waals surface area contributed by atoms with Gasteiger partial charge in [0.15, 0.2) is 0 Å².